The molecule has 8 aromatic rings. The van der Waals surface area contributed by atoms with Gasteiger partial charge in [0.15, 0.2) is 0 Å². The van der Waals surface area contributed by atoms with Crippen molar-refractivity contribution in [3.63, 3.8) is 0 Å². The average molecular weight is 822 g/mol. The minimum Gasteiger partial charge on any atom is -0.497 e. The Hall–Kier alpha value is -7.68. The summed E-state index contributed by atoms with van der Waals surface area (Å²) in [6.07, 6.45) is 8.47. The molecule has 11 rings (SSSR count). The third-order valence-corrected chi connectivity index (χ3v) is 12.9. The van der Waals surface area contributed by atoms with Crippen molar-refractivity contribution in [1.82, 2.24) is 19.9 Å². The van der Waals surface area contributed by atoms with Gasteiger partial charge in [-0.15, -0.1) is 11.8 Å². The normalized spacial score (nSPS) is 14.4. The summed E-state index contributed by atoms with van der Waals surface area (Å²) < 4.78 is 5.40. The number of nitrogens with one attached hydrogen (secondary N) is 2. The summed E-state index contributed by atoms with van der Waals surface area (Å²) in [5, 5.41) is -0.140. The maximum atomic E-state index is 13.5. The highest BCUT2D eigenvalue weighted by molar-refractivity contribution is 8.00. The van der Waals surface area contributed by atoms with Crippen molar-refractivity contribution in [2.75, 3.05) is 17.8 Å². The third kappa shape index (κ3) is 6.71. The first-order valence-corrected chi connectivity index (χ1v) is 21.6. The average Bonchev–Trinajstić information content (AvgIpc) is 4.20. The third-order valence-electron chi connectivity index (χ3n) is 11.6. The molecular weight excluding hydrogens is 783 g/mol. The fraction of sp³-hybridized carbons (Fsp3) is 0.0556. The number of aromatic amines is 2. The van der Waals surface area contributed by atoms with Crippen molar-refractivity contribution in [3.05, 3.63) is 192 Å². The van der Waals surface area contributed by atoms with Crippen molar-refractivity contribution >= 4 is 69.7 Å². The maximum absolute atomic E-state index is 13.5. The highest BCUT2D eigenvalue weighted by Crippen LogP contribution is 2.44. The smallest absolute Gasteiger partial charge is 0.238 e. The topological polar surface area (TPSA) is 86.9 Å². The van der Waals surface area contributed by atoms with Crippen LogP contribution in [0, 0.1) is 0 Å². The van der Waals surface area contributed by atoms with E-state index in [0.717, 1.165) is 106 Å². The van der Waals surface area contributed by atoms with Crippen LogP contribution in [-0.4, -0.2) is 38.7 Å². The van der Waals surface area contributed by atoms with Crippen LogP contribution in [0.5, 0.6) is 5.75 Å². The van der Waals surface area contributed by atoms with E-state index in [1.54, 1.807) is 18.9 Å². The largest absolute Gasteiger partial charge is 0.497 e. The van der Waals surface area contributed by atoms with Gasteiger partial charge >= 0.3 is 0 Å². The number of anilines is 1. The van der Waals surface area contributed by atoms with Crippen LogP contribution in [0.15, 0.2) is 164 Å². The molecule has 2 N–H and O–H groups in total. The van der Waals surface area contributed by atoms with Gasteiger partial charge in [0.05, 0.1) is 35.6 Å². The Morgan fingerprint density at radius 1 is 0.500 bits per heavy atom. The molecule has 7 nitrogen and oxygen atoms in total. The summed E-state index contributed by atoms with van der Waals surface area (Å²) >= 11 is 1.63. The number of ether oxygens (including phenoxy) is 1. The van der Waals surface area contributed by atoms with Gasteiger partial charge in [0.2, 0.25) is 5.91 Å². The molecule has 3 aromatic heterocycles. The predicted octanol–water partition coefficient (Wildman–Crippen LogP) is 13.1. The molecule has 5 aromatic carbocycles. The molecule has 0 radical (unpaired) electrons. The fourth-order valence-electron chi connectivity index (χ4n) is 8.74. The second kappa shape index (κ2) is 15.7. The first kappa shape index (κ1) is 37.3. The summed E-state index contributed by atoms with van der Waals surface area (Å²) in [7, 11) is 1.66. The van der Waals surface area contributed by atoms with Gasteiger partial charge in [-0.25, -0.2) is 9.97 Å². The predicted molar refractivity (Wildman–Crippen MR) is 256 cm³/mol. The second-order valence-corrected chi connectivity index (χ2v) is 16.4. The van der Waals surface area contributed by atoms with E-state index in [4.69, 9.17) is 14.7 Å². The Bertz CT molecular complexity index is 3190. The summed E-state index contributed by atoms with van der Waals surface area (Å²) in [5.41, 5.74) is 17.1. The Morgan fingerprint density at radius 3 is 1.27 bits per heavy atom. The number of nitrogens with zero attached hydrogens (tertiary/aromatic N) is 3. The number of carbonyl (C=O) groups excluding carboxylic acids is 1. The van der Waals surface area contributed by atoms with Gasteiger partial charge < -0.3 is 14.7 Å². The number of fused-ring (bicyclic) bond motifs is 8. The van der Waals surface area contributed by atoms with Crippen LogP contribution in [-0.2, 0) is 4.79 Å². The highest BCUT2D eigenvalue weighted by atomic mass is 32.2. The number of hydrogen-bond acceptors (Lipinski definition) is 5. The summed E-state index contributed by atoms with van der Waals surface area (Å²) in [6.45, 7) is 0. The lowest BCUT2D eigenvalue weighted by Gasteiger charge is -2.24. The van der Waals surface area contributed by atoms with Gasteiger partial charge in [-0.3, -0.25) is 9.69 Å². The summed E-state index contributed by atoms with van der Waals surface area (Å²) in [5.74, 6) is 1.28. The van der Waals surface area contributed by atoms with E-state index in [1.807, 2.05) is 47.4 Å². The number of amides is 1. The zero-order valence-electron chi connectivity index (χ0n) is 33.7. The monoisotopic (exact) mass is 821 g/mol. The number of methoxy groups -OCH3 is 1. The number of H-pyrrole nitrogens is 2. The number of carbonyl (C=O) groups is 1. The molecule has 3 aliphatic heterocycles. The van der Waals surface area contributed by atoms with Gasteiger partial charge in [-0.05, 0) is 101 Å². The van der Waals surface area contributed by atoms with Crippen LogP contribution in [0.25, 0.3) is 90.9 Å². The van der Waals surface area contributed by atoms with Crippen molar-refractivity contribution in [2.45, 2.75) is 5.37 Å². The lowest BCUT2D eigenvalue weighted by Crippen LogP contribution is -2.27. The molecule has 1 saturated heterocycles. The van der Waals surface area contributed by atoms with E-state index in [9.17, 15) is 4.79 Å². The molecule has 0 aliphatic carbocycles. The quantitative estimate of drug-likeness (QED) is 0.167. The highest BCUT2D eigenvalue weighted by Gasteiger charge is 2.34. The standard InChI is InChI=1S/C54H39N5O2S/c1-61-40-23-19-38(20-24-40)54-59(49(60)33-62-54)39-21-17-37(18-22-39)53-47-31-29-45(57-47)51(35-13-7-3-8-14-35)43-27-25-41(55-43)50(34-11-5-2-6-12-34)42-26-28-44(56-42)52(36-15-9-4-10-16-36)46-30-32-48(53)58-46/h2-32,54-55,58H,33H2,1H3. The van der Waals surface area contributed by atoms with Crippen LogP contribution in [0.1, 0.15) is 33.7 Å². The SMILES string of the molecule is COc1ccc(C2SCC(=O)N2c2ccc(-c3c4nc(c(-c5ccccc5)c5ccc([nH]5)c(-c5ccccc5)c5nc(c(-c6ccccc6)c6ccc3[nH]6)C=C5)C=C4)cc2)cc1. The van der Waals surface area contributed by atoms with E-state index < -0.39 is 0 Å². The molecule has 0 saturated carbocycles. The fourth-order valence-corrected chi connectivity index (χ4v) is 9.92. The Kier molecular flexibility index (Phi) is 9.47. The Labute approximate surface area is 363 Å². The first-order valence-electron chi connectivity index (χ1n) is 20.6. The van der Waals surface area contributed by atoms with Crippen molar-refractivity contribution in [3.8, 4) is 50.3 Å². The van der Waals surface area contributed by atoms with Crippen LogP contribution in [0.3, 0.4) is 0 Å². The van der Waals surface area contributed by atoms with Crippen LogP contribution < -0.4 is 9.64 Å². The Balaban J connectivity index is 1.17. The van der Waals surface area contributed by atoms with E-state index >= 15 is 0 Å². The molecule has 62 heavy (non-hydrogen) atoms. The van der Waals surface area contributed by atoms with Crippen LogP contribution >= 0.6 is 11.8 Å². The van der Waals surface area contributed by atoms with Gasteiger partial charge in [0.1, 0.15) is 11.1 Å². The lowest BCUT2D eigenvalue weighted by atomic mass is 10.0. The molecule has 8 heteroatoms. The Morgan fingerprint density at radius 2 is 0.887 bits per heavy atom. The van der Waals surface area contributed by atoms with Gasteiger partial charge in [0.25, 0.3) is 0 Å². The van der Waals surface area contributed by atoms with E-state index in [2.05, 4.69) is 156 Å². The van der Waals surface area contributed by atoms with Crippen molar-refractivity contribution < 1.29 is 9.53 Å². The zero-order valence-corrected chi connectivity index (χ0v) is 34.6. The number of hydrogen-bond donors (Lipinski definition) is 2. The van der Waals surface area contributed by atoms with E-state index in [1.165, 1.54) is 0 Å². The minimum atomic E-state index is -0.140. The maximum Gasteiger partial charge on any atom is 0.238 e. The molecule has 1 atom stereocenters. The summed E-state index contributed by atoms with van der Waals surface area (Å²) in [6, 6.07) is 56.2. The lowest BCUT2D eigenvalue weighted by molar-refractivity contribution is -0.115. The molecule has 0 spiro atoms. The second-order valence-electron chi connectivity index (χ2n) is 15.3. The molecule has 298 valence electrons. The van der Waals surface area contributed by atoms with Crippen LogP contribution in [0.2, 0.25) is 0 Å². The van der Waals surface area contributed by atoms with Crippen molar-refractivity contribution in [1.29, 1.82) is 0 Å². The number of rotatable bonds is 7. The van der Waals surface area contributed by atoms with Crippen molar-refractivity contribution in [2.24, 2.45) is 0 Å². The molecule has 3 aliphatic rings. The number of benzene rings is 5. The molecule has 1 unspecified atom stereocenters. The molecule has 1 fully saturated rings. The minimum absolute atomic E-state index is 0.0791. The number of aromatic nitrogens is 4. The molecular formula is C54H39N5O2S. The molecule has 1 amide bonds. The van der Waals surface area contributed by atoms with Gasteiger partial charge in [0, 0.05) is 50.0 Å². The molecule has 8 bridgehead atoms. The van der Waals surface area contributed by atoms with E-state index in [-0.39, 0.29) is 11.3 Å². The molecule has 6 heterocycles. The van der Waals surface area contributed by atoms with E-state index in [0.29, 0.717) is 5.75 Å². The first-order chi connectivity index (χ1) is 30.6. The number of thioether (sulfide) groups is 1. The van der Waals surface area contributed by atoms with Gasteiger partial charge in [-0.1, -0.05) is 115 Å². The zero-order chi connectivity index (χ0) is 41.6. The van der Waals surface area contributed by atoms with Gasteiger partial charge in [-0.2, -0.15) is 0 Å². The summed E-state index contributed by atoms with van der Waals surface area (Å²) in [4.78, 5) is 33.9. The van der Waals surface area contributed by atoms with Crippen LogP contribution in [0.4, 0.5) is 5.69 Å².